The van der Waals surface area contributed by atoms with Gasteiger partial charge >= 0.3 is 0 Å². The summed E-state index contributed by atoms with van der Waals surface area (Å²) in [4.78, 5) is 29.0. The Balaban J connectivity index is 1.58. The van der Waals surface area contributed by atoms with Gasteiger partial charge in [0.2, 0.25) is 5.91 Å². The molecule has 0 spiro atoms. The quantitative estimate of drug-likeness (QED) is 0.206. The first-order chi connectivity index (χ1) is 17.4. The van der Waals surface area contributed by atoms with E-state index in [1.807, 2.05) is 35.2 Å². The van der Waals surface area contributed by atoms with Gasteiger partial charge in [0, 0.05) is 30.6 Å². The van der Waals surface area contributed by atoms with E-state index in [1.54, 1.807) is 48.7 Å². The van der Waals surface area contributed by atoms with Crippen molar-refractivity contribution in [1.29, 1.82) is 0 Å². The van der Waals surface area contributed by atoms with Crippen LogP contribution in [0.3, 0.4) is 0 Å². The predicted octanol–water partition coefficient (Wildman–Crippen LogP) is 5.39. The Morgan fingerprint density at radius 1 is 1.08 bits per heavy atom. The van der Waals surface area contributed by atoms with Crippen LogP contribution in [-0.4, -0.2) is 20.9 Å². The first-order valence-electron chi connectivity index (χ1n) is 11.1. The van der Waals surface area contributed by atoms with Crippen molar-refractivity contribution in [3.8, 4) is 11.3 Å². The predicted molar refractivity (Wildman–Crippen MR) is 139 cm³/mol. The van der Waals surface area contributed by atoms with Gasteiger partial charge in [-0.2, -0.15) is 0 Å². The number of nitrogens with zero attached hydrogens (tertiary/aromatic N) is 3. The van der Waals surface area contributed by atoms with Crippen LogP contribution >= 0.6 is 12.2 Å². The van der Waals surface area contributed by atoms with Crippen molar-refractivity contribution in [2.45, 2.75) is 19.0 Å². The molecule has 4 aromatic rings. The normalized spacial score (nSPS) is 17.0. The zero-order valence-electron chi connectivity index (χ0n) is 19.1. The lowest BCUT2D eigenvalue weighted by Crippen LogP contribution is -2.29. The minimum absolute atomic E-state index is 0.0369. The van der Waals surface area contributed by atoms with Gasteiger partial charge in [0.1, 0.15) is 17.6 Å². The number of rotatable bonds is 6. The number of nitrogens with one attached hydrogen (secondary N) is 2. The van der Waals surface area contributed by atoms with Crippen LogP contribution in [0.1, 0.15) is 30.5 Å². The third kappa shape index (κ3) is 4.41. The molecule has 9 nitrogen and oxygen atoms in total. The van der Waals surface area contributed by atoms with Gasteiger partial charge in [-0.15, -0.1) is 0 Å². The average molecular weight is 500 g/mol. The van der Waals surface area contributed by atoms with Gasteiger partial charge in [-0.1, -0.05) is 18.2 Å². The third-order valence-corrected chi connectivity index (χ3v) is 6.16. The number of furan rings is 1. The monoisotopic (exact) mass is 499 g/mol. The lowest BCUT2D eigenvalue weighted by molar-refractivity contribution is -0.384. The molecule has 1 amide bonds. The van der Waals surface area contributed by atoms with Crippen molar-refractivity contribution in [1.82, 2.24) is 10.3 Å². The van der Waals surface area contributed by atoms with E-state index < -0.39 is 11.0 Å². The number of benzene rings is 2. The molecule has 2 N–H and O–H groups in total. The first kappa shape index (κ1) is 23.2. The number of thiocarbonyl (C=S) groups is 1. The molecular weight excluding hydrogens is 478 g/mol. The summed E-state index contributed by atoms with van der Waals surface area (Å²) in [6.45, 7) is 1.45. The number of nitro benzene ring substituents is 1. The van der Waals surface area contributed by atoms with E-state index in [0.717, 1.165) is 11.4 Å². The van der Waals surface area contributed by atoms with Gasteiger partial charge in [-0.3, -0.25) is 19.9 Å². The third-order valence-electron chi connectivity index (χ3n) is 5.85. The Hall–Kier alpha value is -4.57. The Morgan fingerprint density at radius 2 is 1.83 bits per heavy atom. The summed E-state index contributed by atoms with van der Waals surface area (Å²) in [5, 5.41) is 18.1. The number of anilines is 2. The molecular formula is C26H21N5O4S. The summed E-state index contributed by atoms with van der Waals surface area (Å²) >= 11 is 5.72. The van der Waals surface area contributed by atoms with E-state index in [2.05, 4.69) is 15.6 Å². The van der Waals surface area contributed by atoms with Crippen LogP contribution in [0.2, 0.25) is 0 Å². The van der Waals surface area contributed by atoms with Crippen molar-refractivity contribution in [3.63, 3.8) is 0 Å². The SMILES string of the molecule is CC(=O)Nc1ccc(N2C(=S)N[C@@H](c3ccccn3)[C@H]2c2ccc(-c3ccccc3[N+](=O)[O-])o2)cc1. The Labute approximate surface area is 211 Å². The molecule has 0 unspecified atom stereocenters. The molecule has 2 aromatic carbocycles. The summed E-state index contributed by atoms with van der Waals surface area (Å²) in [6.07, 6.45) is 1.71. The summed E-state index contributed by atoms with van der Waals surface area (Å²) in [7, 11) is 0. The smallest absolute Gasteiger partial charge is 0.280 e. The molecule has 10 heteroatoms. The minimum Gasteiger partial charge on any atom is -0.459 e. The average Bonchev–Trinajstić information content (AvgIpc) is 3.49. The number of nitro groups is 1. The molecule has 2 aromatic heterocycles. The molecule has 36 heavy (non-hydrogen) atoms. The van der Waals surface area contributed by atoms with Crippen molar-refractivity contribution in [3.05, 3.63) is 107 Å². The van der Waals surface area contributed by atoms with E-state index in [-0.39, 0.29) is 17.6 Å². The van der Waals surface area contributed by atoms with E-state index in [4.69, 9.17) is 16.6 Å². The van der Waals surface area contributed by atoms with Crippen LogP contribution in [0.25, 0.3) is 11.3 Å². The van der Waals surface area contributed by atoms with Crippen LogP contribution in [0.4, 0.5) is 17.1 Å². The van der Waals surface area contributed by atoms with E-state index in [1.165, 1.54) is 13.0 Å². The second-order valence-corrected chi connectivity index (χ2v) is 8.59. The van der Waals surface area contributed by atoms with Crippen molar-refractivity contribution in [2.75, 3.05) is 10.2 Å². The maximum absolute atomic E-state index is 11.6. The highest BCUT2D eigenvalue weighted by Crippen LogP contribution is 2.43. The van der Waals surface area contributed by atoms with Crippen LogP contribution in [0.5, 0.6) is 0 Å². The molecule has 1 fully saturated rings. The number of carbonyl (C=O) groups excluding carboxylic acids is 1. The Kier molecular flexibility index (Phi) is 6.17. The van der Waals surface area contributed by atoms with E-state index >= 15 is 0 Å². The highest BCUT2D eigenvalue weighted by atomic mass is 32.1. The highest BCUT2D eigenvalue weighted by Gasteiger charge is 2.42. The van der Waals surface area contributed by atoms with Crippen molar-refractivity contribution >= 4 is 40.3 Å². The molecule has 0 saturated carbocycles. The number of aromatic nitrogens is 1. The minimum atomic E-state index is -0.427. The van der Waals surface area contributed by atoms with Crippen LogP contribution in [0, 0.1) is 10.1 Å². The fourth-order valence-corrected chi connectivity index (χ4v) is 4.67. The summed E-state index contributed by atoms with van der Waals surface area (Å²) in [5.41, 5.74) is 2.58. The largest absolute Gasteiger partial charge is 0.459 e. The second-order valence-electron chi connectivity index (χ2n) is 8.20. The van der Waals surface area contributed by atoms with Gasteiger partial charge in [0.05, 0.1) is 22.2 Å². The maximum Gasteiger partial charge on any atom is 0.280 e. The lowest BCUT2D eigenvalue weighted by Gasteiger charge is -2.26. The van der Waals surface area contributed by atoms with Crippen LogP contribution in [-0.2, 0) is 4.79 Å². The summed E-state index contributed by atoms with van der Waals surface area (Å²) in [5.74, 6) is 0.792. The molecule has 1 saturated heterocycles. The summed E-state index contributed by atoms with van der Waals surface area (Å²) < 4.78 is 6.24. The number of pyridine rings is 1. The van der Waals surface area contributed by atoms with Gasteiger partial charge < -0.3 is 20.0 Å². The number of hydrogen-bond donors (Lipinski definition) is 2. The van der Waals surface area contributed by atoms with Gasteiger partial charge in [0.15, 0.2) is 5.11 Å². The lowest BCUT2D eigenvalue weighted by atomic mass is 10.0. The number of amides is 1. The standard InChI is InChI=1S/C26H21N5O4S/c1-16(32)28-17-9-11-18(12-10-17)30-25(24(29-26(30)36)20-7-4-5-15-27-20)23-14-13-22(35-23)19-6-2-3-8-21(19)31(33)34/h2-15,24-25H,1H3,(H,28,32)(H,29,36)/t24-,25+/m0/s1. The van der Waals surface area contributed by atoms with Crippen molar-refractivity contribution in [2.24, 2.45) is 0 Å². The van der Waals surface area contributed by atoms with Gasteiger partial charge in [-0.25, -0.2) is 0 Å². The molecule has 1 aliphatic heterocycles. The fourth-order valence-electron chi connectivity index (χ4n) is 4.33. The van der Waals surface area contributed by atoms with Gasteiger partial charge in [0.25, 0.3) is 5.69 Å². The van der Waals surface area contributed by atoms with E-state index in [0.29, 0.717) is 27.9 Å². The zero-order valence-corrected chi connectivity index (χ0v) is 19.9. The maximum atomic E-state index is 11.6. The summed E-state index contributed by atoms with van der Waals surface area (Å²) in [6, 6.07) is 22.2. The molecule has 0 radical (unpaired) electrons. The molecule has 1 aliphatic rings. The number of hydrogen-bond acceptors (Lipinski definition) is 6. The molecule has 0 bridgehead atoms. The van der Waals surface area contributed by atoms with Gasteiger partial charge in [-0.05, 0) is 66.8 Å². The zero-order chi connectivity index (χ0) is 25.2. The number of para-hydroxylation sites is 1. The fraction of sp³-hybridized carbons (Fsp3) is 0.115. The van der Waals surface area contributed by atoms with Crippen LogP contribution in [0.15, 0.2) is 89.5 Å². The molecule has 0 aliphatic carbocycles. The van der Waals surface area contributed by atoms with E-state index in [9.17, 15) is 14.9 Å². The highest BCUT2D eigenvalue weighted by molar-refractivity contribution is 7.80. The first-order valence-corrected chi connectivity index (χ1v) is 11.5. The number of carbonyl (C=O) groups is 1. The molecule has 2 atom stereocenters. The Bertz CT molecular complexity index is 1440. The van der Waals surface area contributed by atoms with Crippen molar-refractivity contribution < 1.29 is 14.1 Å². The second kappa shape index (κ2) is 9.59. The Morgan fingerprint density at radius 3 is 2.53 bits per heavy atom. The molecule has 3 heterocycles. The molecule has 180 valence electrons. The molecule has 5 rings (SSSR count). The van der Waals surface area contributed by atoms with Crippen LogP contribution < -0.4 is 15.5 Å². The topological polar surface area (TPSA) is 114 Å².